The third-order valence-electron chi connectivity index (χ3n) is 1.86. The summed E-state index contributed by atoms with van der Waals surface area (Å²) < 4.78 is 0. The summed E-state index contributed by atoms with van der Waals surface area (Å²) in [7, 11) is 0. The van der Waals surface area contributed by atoms with Gasteiger partial charge in [0.05, 0.1) is 0 Å². The van der Waals surface area contributed by atoms with Crippen LogP contribution >= 0.6 is 0 Å². The fraction of sp³-hybridized carbons (Fsp3) is 0.111. The SMILES string of the molecule is [CH2-]c1ccc2c(c1)C(=O)NC2.[W]. The van der Waals surface area contributed by atoms with Crippen molar-refractivity contribution in [3.8, 4) is 0 Å². The van der Waals surface area contributed by atoms with E-state index in [1.165, 1.54) is 0 Å². The summed E-state index contributed by atoms with van der Waals surface area (Å²) in [5.41, 5.74) is 2.74. The van der Waals surface area contributed by atoms with Gasteiger partial charge in [-0.15, -0.1) is 6.07 Å². The van der Waals surface area contributed by atoms with Crippen molar-refractivity contribution in [1.29, 1.82) is 0 Å². The second-order valence-corrected chi connectivity index (χ2v) is 2.67. The van der Waals surface area contributed by atoms with E-state index in [0.717, 1.165) is 16.7 Å². The minimum absolute atomic E-state index is 0. The van der Waals surface area contributed by atoms with E-state index in [2.05, 4.69) is 12.2 Å². The van der Waals surface area contributed by atoms with Gasteiger partial charge in [-0.1, -0.05) is 0 Å². The Morgan fingerprint density at radius 1 is 1.42 bits per heavy atom. The van der Waals surface area contributed by atoms with Crippen LogP contribution in [0.4, 0.5) is 0 Å². The van der Waals surface area contributed by atoms with Gasteiger partial charge in [0.2, 0.25) is 5.91 Å². The van der Waals surface area contributed by atoms with Crippen LogP contribution in [0.5, 0.6) is 0 Å². The summed E-state index contributed by atoms with van der Waals surface area (Å²) in [6.45, 7) is 4.41. The maximum atomic E-state index is 11.1. The van der Waals surface area contributed by atoms with Crippen LogP contribution < -0.4 is 5.32 Å². The van der Waals surface area contributed by atoms with Crippen LogP contribution in [0.15, 0.2) is 18.2 Å². The molecule has 1 amide bonds. The quantitative estimate of drug-likeness (QED) is 0.710. The molecule has 1 aliphatic rings. The maximum absolute atomic E-state index is 11.1. The number of hydrogen-bond acceptors (Lipinski definition) is 1. The zero-order chi connectivity index (χ0) is 7.84. The molecule has 0 bridgehead atoms. The van der Waals surface area contributed by atoms with Crippen molar-refractivity contribution in [2.24, 2.45) is 0 Å². The van der Waals surface area contributed by atoms with Crippen molar-refractivity contribution < 1.29 is 25.9 Å². The number of rotatable bonds is 0. The summed E-state index contributed by atoms with van der Waals surface area (Å²) in [6, 6.07) is 5.67. The standard InChI is InChI=1S/C9H8NO.W/c1-6-2-3-7-5-10-9(11)8(7)4-6;/h2-4H,1,5H2,(H,10,11);/q-1;. The Morgan fingerprint density at radius 2 is 2.17 bits per heavy atom. The van der Waals surface area contributed by atoms with Gasteiger partial charge in [-0.2, -0.15) is 24.6 Å². The summed E-state index contributed by atoms with van der Waals surface area (Å²) in [5.74, 6) is 0.0190. The number of benzene rings is 1. The van der Waals surface area contributed by atoms with Crippen LogP contribution in [0.3, 0.4) is 0 Å². The number of nitrogens with one attached hydrogen (secondary N) is 1. The van der Waals surface area contributed by atoms with Gasteiger partial charge >= 0.3 is 0 Å². The smallest absolute Gasteiger partial charge is 0.239 e. The number of hydrogen-bond donors (Lipinski definition) is 1. The molecule has 1 N–H and O–H groups in total. The van der Waals surface area contributed by atoms with Gasteiger partial charge in [0.1, 0.15) is 0 Å². The van der Waals surface area contributed by atoms with Crippen molar-refractivity contribution >= 4 is 5.91 Å². The van der Waals surface area contributed by atoms with E-state index in [1.54, 1.807) is 0 Å². The van der Waals surface area contributed by atoms with Gasteiger partial charge < -0.3 is 5.32 Å². The molecule has 0 saturated heterocycles. The van der Waals surface area contributed by atoms with Crippen LogP contribution in [-0.4, -0.2) is 5.91 Å². The van der Waals surface area contributed by atoms with Gasteiger partial charge in [-0.05, 0) is 11.1 Å². The summed E-state index contributed by atoms with van der Waals surface area (Å²) in [6.07, 6.45) is 0. The van der Waals surface area contributed by atoms with Crippen LogP contribution in [0.2, 0.25) is 0 Å². The molecule has 0 radical (unpaired) electrons. The van der Waals surface area contributed by atoms with Gasteiger partial charge in [0, 0.05) is 27.6 Å². The Labute approximate surface area is 85.6 Å². The Balaban J connectivity index is 0.000000720. The largest absolute Gasteiger partial charge is 0.349 e. The maximum Gasteiger partial charge on any atom is 0.239 e. The number of carbonyl (C=O) groups is 1. The zero-order valence-corrected chi connectivity index (χ0v) is 9.40. The monoisotopic (exact) mass is 330 g/mol. The molecule has 2 rings (SSSR count). The Kier molecular flexibility index (Phi) is 2.58. The normalized spacial score (nSPS) is 13.2. The van der Waals surface area contributed by atoms with Crippen molar-refractivity contribution in [3.63, 3.8) is 0 Å². The van der Waals surface area contributed by atoms with Gasteiger partial charge in [-0.3, -0.25) is 4.79 Å². The van der Waals surface area contributed by atoms with Gasteiger partial charge in [-0.25, -0.2) is 0 Å². The average molecular weight is 330 g/mol. The third kappa shape index (κ3) is 1.39. The summed E-state index contributed by atoms with van der Waals surface area (Å²) >= 11 is 0. The van der Waals surface area contributed by atoms with E-state index < -0.39 is 0 Å². The number of fused-ring (bicyclic) bond motifs is 1. The zero-order valence-electron chi connectivity index (χ0n) is 6.46. The average Bonchev–Trinajstić information content (AvgIpc) is 2.33. The van der Waals surface area contributed by atoms with Crippen molar-refractivity contribution in [1.82, 2.24) is 5.32 Å². The molecule has 0 aromatic heterocycles. The molecule has 0 spiro atoms. The summed E-state index contributed by atoms with van der Waals surface area (Å²) in [4.78, 5) is 11.1. The Bertz CT molecular complexity index is 322. The first-order chi connectivity index (χ1) is 5.27. The van der Waals surface area contributed by atoms with Crippen molar-refractivity contribution in [2.45, 2.75) is 6.54 Å². The topological polar surface area (TPSA) is 29.1 Å². The Hall–Kier alpha value is -0.752. The molecule has 1 heterocycles. The molecule has 1 aromatic carbocycles. The number of carbonyl (C=O) groups excluding carboxylic acids is 1. The second kappa shape index (κ2) is 3.32. The molecular weight excluding hydrogens is 322 g/mol. The Morgan fingerprint density at radius 3 is 2.92 bits per heavy atom. The van der Waals surface area contributed by atoms with Crippen LogP contribution in [-0.2, 0) is 27.6 Å². The molecule has 1 aliphatic heterocycles. The fourth-order valence-electron chi connectivity index (χ4n) is 1.26. The van der Waals surface area contributed by atoms with Gasteiger partial charge in [0.15, 0.2) is 0 Å². The van der Waals surface area contributed by atoms with Crippen molar-refractivity contribution in [2.75, 3.05) is 0 Å². The van der Waals surface area contributed by atoms with Crippen LogP contribution in [0, 0.1) is 6.92 Å². The number of amides is 1. The molecule has 3 heteroatoms. The molecule has 0 fully saturated rings. The second-order valence-electron chi connectivity index (χ2n) is 2.67. The predicted molar refractivity (Wildman–Crippen MR) is 42.1 cm³/mol. The molecule has 62 valence electrons. The molecule has 12 heavy (non-hydrogen) atoms. The van der Waals surface area contributed by atoms with E-state index in [-0.39, 0.29) is 27.0 Å². The van der Waals surface area contributed by atoms with E-state index in [9.17, 15) is 4.79 Å². The van der Waals surface area contributed by atoms with Crippen LogP contribution in [0.1, 0.15) is 21.5 Å². The molecular formula is C9H8NOW-. The molecule has 1 aromatic rings. The minimum Gasteiger partial charge on any atom is -0.349 e. The molecule has 2 nitrogen and oxygen atoms in total. The van der Waals surface area contributed by atoms with Crippen LogP contribution in [0.25, 0.3) is 0 Å². The molecule has 0 aliphatic carbocycles. The first-order valence-corrected chi connectivity index (χ1v) is 3.50. The van der Waals surface area contributed by atoms with E-state index in [0.29, 0.717) is 6.54 Å². The minimum atomic E-state index is 0. The third-order valence-corrected chi connectivity index (χ3v) is 1.86. The van der Waals surface area contributed by atoms with E-state index in [4.69, 9.17) is 0 Å². The van der Waals surface area contributed by atoms with Crippen molar-refractivity contribution in [3.05, 3.63) is 41.8 Å². The molecule has 0 atom stereocenters. The first kappa shape index (κ1) is 9.34. The van der Waals surface area contributed by atoms with E-state index >= 15 is 0 Å². The first-order valence-electron chi connectivity index (χ1n) is 3.50. The molecule has 0 saturated carbocycles. The fourth-order valence-corrected chi connectivity index (χ4v) is 1.26. The molecule has 0 unspecified atom stereocenters. The summed E-state index contributed by atoms with van der Waals surface area (Å²) in [5, 5.41) is 2.75. The predicted octanol–water partition coefficient (Wildman–Crippen LogP) is 1.11. The van der Waals surface area contributed by atoms with E-state index in [1.807, 2.05) is 18.2 Å². The van der Waals surface area contributed by atoms with Gasteiger partial charge in [0.25, 0.3) is 0 Å².